The van der Waals surface area contributed by atoms with Gasteiger partial charge in [-0.05, 0) is 51.5 Å². The number of aliphatic hydroxyl groups is 1. The van der Waals surface area contributed by atoms with E-state index >= 15 is 0 Å². The molecule has 0 aliphatic heterocycles. The minimum Gasteiger partial charge on any atom is -0.395 e. The number of benzene rings is 1. The van der Waals surface area contributed by atoms with Crippen LogP contribution in [0.1, 0.15) is 38.3 Å². The summed E-state index contributed by atoms with van der Waals surface area (Å²) in [4.78, 5) is 0. The maximum absolute atomic E-state index is 11.9. The highest BCUT2D eigenvalue weighted by Crippen LogP contribution is 2.16. The molecule has 0 atom stereocenters. The van der Waals surface area contributed by atoms with E-state index in [1.165, 1.54) is 0 Å². The molecule has 21 heavy (non-hydrogen) atoms. The third kappa shape index (κ3) is 6.63. The minimum atomic E-state index is -3.61. The number of aliphatic hydroxyl groups excluding tert-OH is 1. The molecule has 0 radical (unpaired) electrons. The summed E-state index contributed by atoms with van der Waals surface area (Å²) in [5.74, 6) is 5.78. The summed E-state index contributed by atoms with van der Waals surface area (Å²) >= 11 is 0. The van der Waals surface area contributed by atoms with Gasteiger partial charge in [0.2, 0.25) is 0 Å². The number of hydrogen-bond acceptors (Lipinski definition) is 3. The van der Waals surface area contributed by atoms with Gasteiger partial charge >= 0.3 is 0 Å². The average Bonchev–Trinajstić information content (AvgIpc) is 2.28. The zero-order valence-corrected chi connectivity index (χ0v) is 13.6. The average molecular weight is 310 g/mol. The van der Waals surface area contributed by atoms with Gasteiger partial charge in [0.25, 0.3) is 10.2 Å². The molecule has 6 heteroatoms. The van der Waals surface area contributed by atoms with Crippen LogP contribution in [0.5, 0.6) is 0 Å². The summed E-state index contributed by atoms with van der Waals surface area (Å²) in [6, 6.07) is 5.15. The Morgan fingerprint density at radius 1 is 1.29 bits per heavy atom. The molecule has 1 aromatic carbocycles. The van der Waals surface area contributed by atoms with Crippen molar-refractivity contribution in [1.29, 1.82) is 0 Å². The van der Waals surface area contributed by atoms with Crippen molar-refractivity contribution in [3.63, 3.8) is 0 Å². The van der Waals surface area contributed by atoms with Crippen LogP contribution in [-0.4, -0.2) is 25.7 Å². The van der Waals surface area contributed by atoms with Crippen molar-refractivity contribution in [2.45, 2.75) is 39.7 Å². The van der Waals surface area contributed by atoms with Crippen LogP contribution in [-0.2, 0) is 10.2 Å². The molecule has 3 N–H and O–H groups in total. The monoisotopic (exact) mass is 310 g/mol. The van der Waals surface area contributed by atoms with E-state index in [-0.39, 0.29) is 6.61 Å². The molecule has 0 amide bonds. The fraction of sp³-hybridized carbons (Fsp3) is 0.467. The SMILES string of the molecule is Cc1cc(NS(=O)(=O)NC(C)(C)C)ccc1C#CCCO. The van der Waals surface area contributed by atoms with Crippen LogP contribution in [0.3, 0.4) is 0 Å². The summed E-state index contributed by atoms with van der Waals surface area (Å²) in [7, 11) is -3.61. The fourth-order valence-electron chi connectivity index (χ4n) is 1.66. The molecule has 0 aromatic heterocycles. The van der Waals surface area contributed by atoms with Crippen molar-refractivity contribution in [3.8, 4) is 11.8 Å². The van der Waals surface area contributed by atoms with Crippen molar-refractivity contribution in [1.82, 2.24) is 4.72 Å². The van der Waals surface area contributed by atoms with Crippen molar-refractivity contribution in [3.05, 3.63) is 29.3 Å². The minimum absolute atomic E-state index is 0.0302. The Morgan fingerprint density at radius 2 is 1.95 bits per heavy atom. The molecule has 1 rings (SSSR count). The number of anilines is 1. The molecule has 0 bridgehead atoms. The molecular weight excluding hydrogens is 288 g/mol. The van der Waals surface area contributed by atoms with Crippen LogP contribution in [0.4, 0.5) is 5.69 Å². The second kappa shape index (κ2) is 6.94. The number of rotatable bonds is 4. The lowest BCUT2D eigenvalue weighted by Crippen LogP contribution is -2.43. The van der Waals surface area contributed by atoms with Gasteiger partial charge in [-0.2, -0.15) is 13.1 Å². The van der Waals surface area contributed by atoms with Crippen LogP contribution >= 0.6 is 0 Å². The molecule has 0 heterocycles. The highest BCUT2D eigenvalue weighted by Gasteiger charge is 2.19. The number of aryl methyl sites for hydroxylation is 1. The Kier molecular flexibility index (Phi) is 5.78. The van der Waals surface area contributed by atoms with E-state index in [0.717, 1.165) is 11.1 Å². The molecular formula is C15H22N2O3S. The van der Waals surface area contributed by atoms with Crippen molar-refractivity contribution >= 4 is 15.9 Å². The molecule has 0 aliphatic carbocycles. The van der Waals surface area contributed by atoms with E-state index in [9.17, 15) is 8.42 Å². The fourth-order valence-corrected chi connectivity index (χ4v) is 2.96. The molecule has 5 nitrogen and oxygen atoms in total. The number of nitrogens with one attached hydrogen (secondary N) is 2. The lowest BCUT2D eigenvalue weighted by Gasteiger charge is -2.21. The summed E-state index contributed by atoms with van der Waals surface area (Å²) < 4.78 is 28.9. The summed E-state index contributed by atoms with van der Waals surface area (Å²) in [6.45, 7) is 7.21. The third-order valence-corrected chi connectivity index (χ3v) is 3.76. The standard InChI is InChI=1S/C15H22N2O3S/c1-12-11-14(9-8-13(12)7-5-6-10-18)16-21(19,20)17-15(2,3)4/h8-9,11,16-18H,6,10H2,1-4H3. The zero-order chi connectivity index (χ0) is 16.1. The number of hydrogen-bond donors (Lipinski definition) is 3. The maximum Gasteiger partial charge on any atom is 0.299 e. The Balaban J connectivity index is 2.88. The Morgan fingerprint density at radius 3 is 2.48 bits per heavy atom. The van der Waals surface area contributed by atoms with Crippen LogP contribution < -0.4 is 9.44 Å². The van der Waals surface area contributed by atoms with E-state index in [0.29, 0.717) is 12.1 Å². The molecule has 1 aromatic rings. The highest BCUT2D eigenvalue weighted by molar-refractivity contribution is 7.90. The van der Waals surface area contributed by atoms with Gasteiger partial charge < -0.3 is 5.11 Å². The smallest absolute Gasteiger partial charge is 0.299 e. The van der Waals surface area contributed by atoms with E-state index in [4.69, 9.17) is 5.11 Å². The predicted molar refractivity (Wildman–Crippen MR) is 85.2 cm³/mol. The van der Waals surface area contributed by atoms with Crippen LogP contribution in [0.15, 0.2) is 18.2 Å². The summed E-state index contributed by atoms with van der Waals surface area (Å²) in [6.07, 6.45) is 0.420. The largest absolute Gasteiger partial charge is 0.395 e. The lowest BCUT2D eigenvalue weighted by atomic mass is 10.1. The van der Waals surface area contributed by atoms with Crippen molar-refractivity contribution in [2.75, 3.05) is 11.3 Å². The maximum atomic E-state index is 11.9. The van der Waals surface area contributed by atoms with Gasteiger partial charge in [0.1, 0.15) is 0 Å². The Bertz CT molecular complexity index is 650. The summed E-state index contributed by atoms with van der Waals surface area (Å²) in [5.41, 5.74) is 1.62. The van der Waals surface area contributed by atoms with Gasteiger partial charge in [-0.3, -0.25) is 4.72 Å². The molecule has 0 saturated heterocycles. The molecule has 0 aliphatic rings. The first-order valence-corrected chi connectivity index (χ1v) is 8.13. The normalized spacial score (nSPS) is 11.7. The molecule has 116 valence electrons. The Hall–Kier alpha value is -1.55. The topological polar surface area (TPSA) is 78.4 Å². The zero-order valence-electron chi connectivity index (χ0n) is 12.8. The van der Waals surface area contributed by atoms with Gasteiger partial charge in [-0.1, -0.05) is 11.8 Å². The van der Waals surface area contributed by atoms with E-state index in [2.05, 4.69) is 21.3 Å². The van der Waals surface area contributed by atoms with Crippen molar-refractivity contribution in [2.24, 2.45) is 0 Å². The molecule has 0 unspecified atom stereocenters. The molecule has 0 spiro atoms. The predicted octanol–water partition coefficient (Wildman–Crippen LogP) is 1.77. The Labute approximate surface area is 127 Å². The van der Waals surface area contributed by atoms with Gasteiger partial charge in [0.15, 0.2) is 0 Å². The second-order valence-electron chi connectivity index (χ2n) is 5.76. The van der Waals surface area contributed by atoms with E-state index < -0.39 is 15.7 Å². The van der Waals surface area contributed by atoms with Crippen LogP contribution in [0.2, 0.25) is 0 Å². The molecule has 0 fully saturated rings. The second-order valence-corrected chi connectivity index (χ2v) is 7.18. The first-order chi connectivity index (χ1) is 9.63. The third-order valence-electron chi connectivity index (χ3n) is 2.38. The van der Waals surface area contributed by atoms with Gasteiger partial charge in [-0.25, -0.2) is 0 Å². The molecule has 0 saturated carbocycles. The van der Waals surface area contributed by atoms with E-state index in [1.54, 1.807) is 39.0 Å². The van der Waals surface area contributed by atoms with E-state index in [1.807, 2.05) is 6.92 Å². The van der Waals surface area contributed by atoms with Gasteiger partial charge in [0.05, 0.1) is 12.3 Å². The van der Waals surface area contributed by atoms with Gasteiger partial charge in [0, 0.05) is 17.5 Å². The first kappa shape index (κ1) is 17.5. The van der Waals surface area contributed by atoms with Gasteiger partial charge in [-0.15, -0.1) is 0 Å². The summed E-state index contributed by atoms with van der Waals surface area (Å²) in [5, 5.41) is 8.69. The quantitative estimate of drug-likeness (QED) is 0.742. The van der Waals surface area contributed by atoms with Crippen molar-refractivity contribution < 1.29 is 13.5 Å². The highest BCUT2D eigenvalue weighted by atomic mass is 32.2. The first-order valence-electron chi connectivity index (χ1n) is 6.65. The van der Waals surface area contributed by atoms with Crippen LogP contribution in [0, 0.1) is 18.8 Å². The van der Waals surface area contributed by atoms with Crippen LogP contribution in [0.25, 0.3) is 0 Å². The lowest BCUT2D eigenvalue weighted by molar-refractivity contribution is 0.305.